The molecule has 1 aliphatic heterocycles. The Balaban J connectivity index is 1.85. The van der Waals surface area contributed by atoms with Gasteiger partial charge < -0.3 is 10.1 Å². The minimum absolute atomic E-state index is 0.380. The number of hydrogen-bond donors (Lipinski definition) is 2. The van der Waals surface area contributed by atoms with E-state index in [4.69, 9.17) is 4.74 Å². The fraction of sp³-hybridized carbons (Fsp3) is 0.500. The molecule has 0 atom stereocenters. The lowest BCUT2D eigenvalue weighted by Gasteiger charge is -2.23. The highest BCUT2D eigenvalue weighted by atomic mass is 32.2. The quantitative estimate of drug-likeness (QED) is 0.885. The Morgan fingerprint density at radius 3 is 2.53 bits per heavy atom. The number of benzene rings is 1. The Labute approximate surface area is 118 Å². The Hall–Kier alpha value is -1.36. The highest BCUT2D eigenvalue weighted by Crippen LogP contribution is 2.22. The molecule has 0 spiro atoms. The van der Waals surface area contributed by atoms with Crippen LogP contribution in [0.2, 0.25) is 0 Å². The van der Waals surface area contributed by atoms with Crippen LogP contribution in [0.15, 0.2) is 24.3 Å². The number of carbonyl (C=O) groups is 1. The maximum atomic E-state index is 11.3. The van der Waals surface area contributed by atoms with Crippen LogP contribution < -0.4 is 10.6 Å². The first kappa shape index (κ1) is 14.1. The molecule has 0 aliphatic carbocycles. The molecular formula is C14H20N2O2S. The molecule has 1 heterocycles. The number of rotatable bonds is 4. The van der Waals surface area contributed by atoms with Gasteiger partial charge in [0, 0.05) is 17.4 Å². The van der Waals surface area contributed by atoms with Gasteiger partial charge in [-0.1, -0.05) is 0 Å². The van der Waals surface area contributed by atoms with Crippen molar-refractivity contribution in [3.05, 3.63) is 24.3 Å². The summed E-state index contributed by atoms with van der Waals surface area (Å²) < 4.78 is 4.83. The van der Waals surface area contributed by atoms with Gasteiger partial charge in [-0.25, -0.2) is 4.79 Å². The molecule has 5 heteroatoms. The first-order valence-corrected chi connectivity index (χ1v) is 7.81. The molecule has 19 heavy (non-hydrogen) atoms. The first-order chi connectivity index (χ1) is 9.28. The predicted molar refractivity (Wildman–Crippen MR) is 81.1 cm³/mol. The van der Waals surface area contributed by atoms with Crippen molar-refractivity contribution < 1.29 is 9.53 Å². The minimum atomic E-state index is -0.410. The van der Waals surface area contributed by atoms with E-state index in [-0.39, 0.29) is 0 Å². The summed E-state index contributed by atoms with van der Waals surface area (Å²) in [5, 5.41) is 6.21. The van der Waals surface area contributed by atoms with Gasteiger partial charge in [0.1, 0.15) is 0 Å². The molecule has 0 bridgehead atoms. The van der Waals surface area contributed by atoms with E-state index >= 15 is 0 Å². The van der Waals surface area contributed by atoms with Gasteiger partial charge in [-0.05, 0) is 55.5 Å². The summed E-state index contributed by atoms with van der Waals surface area (Å²) in [6.45, 7) is 2.17. The van der Waals surface area contributed by atoms with Crippen molar-refractivity contribution in [2.24, 2.45) is 0 Å². The Morgan fingerprint density at radius 1 is 1.26 bits per heavy atom. The second-order valence-electron chi connectivity index (χ2n) is 4.45. The first-order valence-electron chi connectivity index (χ1n) is 6.66. The van der Waals surface area contributed by atoms with Gasteiger partial charge in [0.25, 0.3) is 0 Å². The summed E-state index contributed by atoms with van der Waals surface area (Å²) in [6.07, 6.45) is 2.02. The third kappa shape index (κ3) is 4.67. The Kier molecular flexibility index (Phi) is 5.39. The molecule has 0 saturated carbocycles. The molecule has 4 nitrogen and oxygen atoms in total. The van der Waals surface area contributed by atoms with E-state index < -0.39 is 6.09 Å². The monoisotopic (exact) mass is 280 g/mol. The van der Waals surface area contributed by atoms with E-state index in [1.54, 1.807) is 6.92 Å². The standard InChI is InChI=1S/C14H20N2O2S/c1-2-18-14(17)16-12-5-3-11(4-6-12)15-13-7-9-19-10-8-13/h3-6,13,15H,2,7-10H2,1H3,(H,16,17). The lowest BCUT2D eigenvalue weighted by atomic mass is 10.1. The highest BCUT2D eigenvalue weighted by molar-refractivity contribution is 7.99. The molecule has 2 N–H and O–H groups in total. The van der Waals surface area contributed by atoms with Crippen LogP contribution in [0.4, 0.5) is 16.2 Å². The fourth-order valence-corrected chi connectivity index (χ4v) is 3.12. The van der Waals surface area contributed by atoms with Crippen LogP contribution in [0.1, 0.15) is 19.8 Å². The predicted octanol–water partition coefficient (Wildman–Crippen LogP) is 3.56. The van der Waals surface area contributed by atoms with Gasteiger partial charge in [-0.2, -0.15) is 11.8 Å². The average molecular weight is 280 g/mol. The largest absolute Gasteiger partial charge is 0.450 e. The van der Waals surface area contributed by atoms with Crippen LogP contribution in [-0.4, -0.2) is 30.2 Å². The normalized spacial score (nSPS) is 15.8. The average Bonchev–Trinajstić information content (AvgIpc) is 2.42. The van der Waals surface area contributed by atoms with Crippen molar-refractivity contribution in [2.75, 3.05) is 28.7 Å². The van der Waals surface area contributed by atoms with E-state index in [2.05, 4.69) is 10.6 Å². The zero-order valence-electron chi connectivity index (χ0n) is 11.1. The second kappa shape index (κ2) is 7.28. The van der Waals surface area contributed by atoms with E-state index in [1.807, 2.05) is 36.0 Å². The summed E-state index contributed by atoms with van der Waals surface area (Å²) >= 11 is 2.02. The van der Waals surface area contributed by atoms with Crippen molar-refractivity contribution in [1.82, 2.24) is 0 Å². The zero-order valence-corrected chi connectivity index (χ0v) is 12.0. The van der Waals surface area contributed by atoms with E-state index in [9.17, 15) is 4.79 Å². The molecule has 1 aliphatic rings. The topological polar surface area (TPSA) is 50.4 Å². The Bertz CT molecular complexity index is 402. The van der Waals surface area contributed by atoms with Crippen LogP contribution in [-0.2, 0) is 4.74 Å². The molecule has 1 aromatic rings. The van der Waals surface area contributed by atoms with Gasteiger partial charge in [0.2, 0.25) is 0 Å². The van der Waals surface area contributed by atoms with Crippen LogP contribution in [0.5, 0.6) is 0 Å². The number of carbonyl (C=O) groups excluding carboxylic acids is 1. The third-order valence-corrected chi connectivity index (χ3v) is 4.05. The minimum Gasteiger partial charge on any atom is -0.450 e. The fourth-order valence-electron chi connectivity index (χ4n) is 2.01. The van der Waals surface area contributed by atoms with Crippen molar-refractivity contribution >= 4 is 29.2 Å². The summed E-state index contributed by atoms with van der Waals surface area (Å²) in [5.41, 5.74) is 1.86. The maximum Gasteiger partial charge on any atom is 0.411 e. The molecule has 1 fully saturated rings. The Morgan fingerprint density at radius 2 is 1.89 bits per heavy atom. The molecule has 0 radical (unpaired) electrons. The SMILES string of the molecule is CCOC(=O)Nc1ccc(NC2CCSCC2)cc1. The van der Waals surface area contributed by atoms with Crippen molar-refractivity contribution in [2.45, 2.75) is 25.8 Å². The van der Waals surface area contributed by atoms with Crippen LogP contribution in [0, 0.1) is 0 Å². The lowest BCUT2D eigenvalue weighted by Crippen LogP contribution is -2.24. The molecule has 0 aromatic heterocycles. The third-order valence-electron chi connectivity index (χ3n) is 3.00. The van der Waals surface area contributed by atoms with Gasteiger partial charge in [0.05, 0.1) is 6.61 Å². The molecule has 0 unspecified atom stereocenters. The van der Waals surface area contributed by atoms with Gasteiger partial charge in [-0.15, -0.1) is 0 Å². The van der Waals surface area contributed by atoms with Gasteiger partial charge in [-0.3, -0.25) is 5.32 Å². The zero-order chi connectivity index (χ0) is 13.5. The van der Waals surface area contributed by atoms with Crippen LogP contribution in [0.25, 0.3) is 0 Å². The lowest BCUT2D eigenvalue weighted by molar-refractivity contribution is 0.168. The summed E-state index contributed by atoms with van der Waals surface area (Å²) in [5.74, 6) is 2.47. The van der Waals surface area contributed by atoms with Crippen molar-refractivity contribution in [3.8, 4) is 0 Å². The molecule has 1 amide bonds. The number of hydrogen-bond acceptors (Lipinski definition) is 4. The summed E-state index contributed by atoms with van der Waals surface area (Å²) in [7, 11) is 0. The van der Waals surface area contributed by atoms with Gasteiger partial charge in [0.15, 0.2) is 0 Å². The van der Waals surface area contributed by atoms with Crippen LogP contribution >= 0.6 is 11.8 Å². The smallest absolute Gasteiger partial charge is 0.411 e. The molecule has 104 valence electrons. The van der Waals surface area contributed by atoms with E-state index in [0.29, 0.717) is 12.6 Å². The van der Waals surface area contributed by atoms with Crippen LogP contribution in [0.3, 0.4) is 0 Å². The maximum absolute atomic E-state index is 11.3. The second-order valence-corrected chi connectivity index (χ2v) is 5.68. The number of anilines is 2. The van der Waals surface area contributed by atoms with E-state index in [0.717, 1.165) is 11.4 Å². The van der Waals surface area contributed by atoms with E-state index in [1.165, 1.54) is 24.3 Å². The number of thioether (sulfide) groups is 1. The number of nitrogens with one attached hydrogen (secondary N) is 2. The van der Waals surface area contributed by atoms with Crippen molar-refractivity contribution in [3.63, 3.8) is 0 Å². The summed E-state index contributed by atoms with van der Waals surface area (Å²) in [4.78, 5) is 11.3. The number of ether oxygens (including phenoxy) is 1. The molecule has 2 rings (SSSR count). The van der Waals surface area contributed by atoms with Gasteiger partial charge >= 0.3 is 6.09 Å². The van der Waals surface area contributed by atoms with Crippen molar-refractivity contribution in [1.29, 1.82) is 0 Å². The molecule has 1 aromatic carbocycles. The number of amides is 1. The molecule has 1 saturated heterocycles. The summed E-state index contributed by atoms with van der Waals surface area (Å²) in [6, 6.07) is 8.32. The highest BCUT2D eigenvalue weighted by Gasteiger charge is 2.13. The molecular weight excluding hydrogens is 260 g/mol.